The Labute approximate surface area is 160 Å². The van der Waals surface area contributed by atoms with Crippen LogP contribution in [0, 0.1) is 6.92 Å². The minimum atomic E-state index is -0.114. The van der Waals surface area contributed by atoms with E-state index in [0.29, 0.717) is 30.3 Å². The highest BCUT2D eigenvalue weighted by Crippen LogP contribution is 2.29. The summed E-state index contributed by atoms with van der Waals surface area (Å²) in [5, 5.41) is 2.94. The Balaban J connectivity index is 1.55. The lowest BCUT2D eigenvalue weighted by molar-refractivity contribution is 0.143. The van der Waals surface area contributed by atoms with E-state index in [0.717, 1.165) is 19.6 Å². The van der Waals surface area contributed by atoms with E-state index in [4.69, 9.17) is 9.47 Å². The van der Waals surface area contributed by atoms with Crippen molar-refractivity contribution in [3.05, 3.63) is 53.6 Å². The maximum absolute atomic E-state index is 12.6. The Morgan fingerprint density at radius 3 is 2.33 bits per heavy atom. The number of ether oxygens (including phenoxy) is 2. The van der Waals surface area contributed by atoms with Crippen LogP contribution >= 0.6 is 0 Å². The Hall–Kier alpha value is -2.73. The topological polar surface area (TPSA) is 54.0 Å². The van der Waals surface area contributed by atoms with E-state index in [9.17, 15) is 4.79 Å². The molecule has 2 aromatic carbocycles. The molecule has 0 atom stereocenters. The number of rotatable bonds is 5. The van der Waals surface area contributed by atoms with Crippen molar-refractivity contribution in [2.45, 2.75) is 13.5 Å². The number of nitrogens with zero attached hydrogens (tertiary/aromatic N) is 2. The van der Waals surface area contributed by atoms with E-state index < -0.39 is 0 Å². The molecule has 0 spiro atoms. The lowest BCUT2D eigenvalue weighted by Gasteiger charge is -2.34. The van der Waals surface area contributed by atoms with Gasteiger partial charge >= 0.3 is 6.03 Å². The third kappa shape index (κ3) is 4.92. The number of nitrogens with one attached hydrogen (secondary N) is 1. The summed E-state index contributed by atoms with van der Waals surface area (Å²) in [5.41, 5.74) is 3.19. The molecule has 2 amide bonds. The number of hydrogen-bond donors (Lipinski definition) is 1. The van der Waals surface area contributed by atoms with Crippen LogP contribution in [0.15, 0.2) is 42.5 Å². The van der Waals surface area contributed by atoms with E-state index in [1.165, 1.54) is 11.1 Å². The molecular weight excluding hydrogens is 342 g/mol. The maximum Gasteiger partial charge on any atom is 0.322 e. The smallest absolute Gasteiger partial charge is 0.322 e. The van der Waals surface area contributed by atoms with Crippen LogP contribution in [0.2, 0.25) is 0 Å². The van der Waals surface area contributed by atoms with Crippen LogP contribution in [0.5, 0.6) is 11.5 Å². The van der Waals surface area contributed by atoms with Crippen LogP contribution in [-0.4, -0.2) is 56.2 Å². The number of piperazine rings is 1. The van der Waals surface area contributed by atoms with Gasteiger partial charge < -0.3 is 19.7 Å². The van der Waals surface area contributed by atoms with Crippen molar-refractivity contribution in [3.63, 3.8) is 0 Å². The predicted octanol–water partition coefficient (Wildman–Crippen LogP) is 3.36. The van der Waals surface area contributed by atoms with E-state index in [1.54, 1.807) is 32.4 Å². The second-order valence-electron chi connectivity index (χ2n) is 6.75. The summed E-state index contributed by atoms with van der Waals surface area (Å²) in [6, 6.07) is 13.9. The first kappa shape index (κ1) is 19.0. The highest BCUT2D eigenvalue weighted by atomic mass is 16.5. The minimum Gasteiger partial charge on any atom is -0.497 e. The van der Waals surface area contributed by atoms with Crippen molar-refractivity contribution in [2.24, 2.45) is 0 Å². The van der Waals surface area contributed by atoms with Crippen molar-refractivity contribution in [3.8, 4) is 11.5 Å². The lowest BCUT2D eigenvalue weighted by Crippen LogP contribution is -2.49. The minimum absolute atomic E-state index is 0.114. The van der Waals surface area contributed by atoms with Crippen LogP contribution in [0.4, 0.5) is 10.5 Å². The number of urea groups is 1. The molecule has 144 valence electrons. The van der Waals surface area contributed by atoms with E-state index in [-0.39, 0.29) is 6.03 Å². The first-order chi connectivity index (χ1) is 13.1. The van der Waals surface area contributed by atoms with Gasteiger partial charge in [0.1, 0.15) is 11.5 Å². The Bertz CT molecular complexity index is 769. The first-order valence-corrected chi connectivity index (χ1v) is 9.15. The third-order valence-corrected chi connectivity index (χ3v) is 4.83. The van der Waals surface area contributed by atoms with Gasteiger partial charge in [-0.05, 0) is 24.6 Å². The normalized spacial score (nSPS) is 14.7. The van der Waals surface area contributed by atoms with Crippen molar-refractivity contribution in [1.29, 1.82) is 0 Å². The van der Waals surface area contributed by atoms with Crippen LogP contribution in [0.1, 0.15) is 11.1 Å². The fourth-order valence-corrected chi connectivity index (χ4v) is 3.17. The number of aryl methyl sites for hydroxylation is 1. The van der Waals surface area contributed by atoms with Crippen molar-refractivity contribution in [2.75, 3.05) is 45.7 Å². The van der Waals surface area contributed by atoms with Gasteiger partial charge in [0, 0.05) is 38.8 Å². The average Bonchev–Trinajstić information content (AvgIpc) is 2.70. The van der Waals surface area contributed by atoms with Gasteiger partial charge in [0.15, 0.2) is 0 Å². The third-order valence-electron chi connectivity index (χ3n) is 4.83. The molecule has 3 rings (SSSR count). The molecule has 0 aliphatic carbocycles. The van der Waals surface area contributed by atoms with E-state index in [1.807, 2.05) is 4.90 Å². The molecule has 0 radical (unpaired) electrons. The Morgan fingerprint density at radius 1 is 1.00 bits per heavy atom. The molecule has 0 aromatic heterocycles. The fraction of sp³-hybridized carbons (Fsp3) is 0.381. The van der Waals surface area contributed by atoms with Crippen molar-refractivity contribution >= 4 is 11.7 Å². The number of carbonyl (C=O) groups excluding carboxylic acids is 1. The largest absolute Gasteiger partial charge is 0.497 e. The monoisotopic (exact) mass is 369 g/mol. The number of methoxy groups -OCH3 is 2. The lowest BCUT2D eigenvalue weighted by atomic mass is 10.1. The average molecular weight is 369 g/mol. The SMILES string of the molecule is COc1ccc(OC)c(NC(=O)N2CCN(Cc3ccc(C)cc3)CC2)c1. The highest BCUT2D eigenvalue weighted by molar-refractivity contribution is 5.91. The van der Waals surface area contributed by atoms with Gasteiger partial charge in [-0.1, -0.05) is 29.8 Å². The second kappa shape index (κ2) is 8.77. The summed E-state index contributed by atoms with van der Waals surface area (Å²) in [6.07, 6.45) is 0. The molecule has 1 aliphatic heterocycles. The van der Waals surface area contributed by atoms with Gasteiger partial charge in [-0.15, -0.1) is 0 Å². The van der Waals surface area contributed by atoms with Crippen molar-refractivity contribution < 1.29 is 14.3 Å². The molecule has 1 heterocycles. The fourth-order valence-electron chi connectivity index (χ4n) is 3.17. The van der Waals surface area contributed by atoms with Gasteiger partial charge in [-0.2, -0.15) is 0 Å². The number of benzene rings is 2. The summed E-state index contributed by atoms with van der Waals surface area (Å²) in [5.74, 6) is 1.29. The predicted molar refractivity (Wildman–Crippen MR) is 107 cm³/mol. The van der Waals surface area contributed by atoms with E-state index >= 15 is 0 Å². The van der Waals surface area contributed by atoms with Gasteiger partial charge in [0.25, 0.3) is 0 Å². The molecule has 1 N–H and O–H groups in total. The van der Waals surface area contributed by atoms with Crippen molar-refractivity contribution in [1.82, 2.24) is 9.80 Å². The summed E-state index contributed by atoms with van der Waals surface area (Å²) < 4.78 is 10.6. The summed E-state index contributed by atoms with van der Waals surface area (Å²) in [4.78, 5) is 16.9. The Morgan fingerprint density at radius 2 is 1.70 bits per heavy atom. The summed E-state index contributed by atoms with van der Waals surface area (Å²) >= 11 is 0. The standard InChI is InChI=1S/C21H27N3O3/c1-16-4-6-17(7-5-16)15-23-10-12-24(13-11-23)21(25)22-19-14-18(26-2)8-9-20(19)27-3/h4-9,14H,10-13,15H2,1-3H3,(H,22,25). The summed E-state index contributed by atoms with van der Waals surface area (Å²) in [6.45, 7) is 6.12. The van der Waals surface area contributed by atoms with Gasteiger partial charge in [0.2, 0.25) is 0 Å². The van der Waals surface area contributed by atoms with Gasteiger partial charge in [0.05, 0.1) is 19.9 Å². The molecule has 27 heavy (non-hydrogen) atoms. The molecule has 1 fully saturated rings. The number of amides is 2. The highest BCUT2D eigenvalue weighted by Gasteiger charge is 2.22. The summed E-state index contributed by atoms with van der Waals surface area (Å²) in [7, 11) is 3.18. The molecule has 1 aliphatic rings. The molecule has 0 bridgehead atoms. The molecular formula is C21H27N3O3. The maximum atomic E-state index is 12.6. The second-order valence-corrected chi connectivity index (χ2v) is 6.75. The quantitative estimate of drug-likeness (QED) is 0.878. The van der Waals surface area contributed by atoms with E-state index in [2.05, 4.69) is 41.4 Å². The molecule has 0 saturated carbocycles. The van der Waals surface area contributed by atoms with Gasteiger partial charge in [-0.25, -0.2) is 4.79 Å². The van der Waals surface area contributed by atoms with Crippen LogP contribution in [0.25, 0.3) is 0 Å². The molecule has 6 heteroatoms. The van der Waals surface area contributed by atoms with Crippen LogP contribution in [-0.2, 0) is 6.54 Å². The zero-order chi connectivity index (χ0) is 19.2. The molecule has 0 unspecified atom stereocenters. The number of anilines is 1. The Kier molecular flexibility index (Phi) is 6.19. The number of carbonyl (C=O) groups is 1. The zero-order valence-electron chi connectivity index (χ0n) is 16.2. The van der Waals surface area contributed by atoms with Gasteiger partial charge in [-0.3, -0.25) is 4.90 Å². The zero-order valence-corrected chi connectivity index (χ0v) is 16.2. The first-order valence-electron chi connectivity index (χ1n) is 9.15. The molecule has 1 saturated heterocycles. The number of hydrogen-bond acceptors (Lipinski definition) is 4. The molecule has 6 nitrogen and oxygen atoms in total. The van der Waals surface area contributed by atoms with Crippen LogP contribution < -0.4 is 14.8 Å². The van der Waals surface area contributed by atoms with Crippen LogP contribution in [0.3, 0.4) is 0 Å². The molecule has 2 aromatic rings.